The van der Waals surface area contributed by atoms with Crippen LogP contribution in [0.3, 0.4) is 0 Å². The number of rotatable bonds is 2. The lowest BCUT2D eigenvalue weighted by Crippen LogP contribution is -2.59. The van der Waals surface area contributed by atoms with Gasteiger partial charge in [0.15, 0.2) is 0 Å². The minimum Gasteiger partial charge on any atom is -0.337 e. The molecular weight excluding hydrogens is 308 g/mol. The zero-order chi connectivity index (χ0) is 17.3. The summed E-state index contributed by atoms with van der Waals surface area (Å²) in [6.45, 7) is 5.89. The van der Waals surface area contributed by atoms with E-state index in [0.717, 1.165) is 25.4 Å². The van der Waals surface area contributed by atoms with Crippen LogP contribution < -0.4 is 0 Å². The van der Waals surface area contributed by atoms with Crippen molar-refractivity contribution in [2.75, 3.05) is 19.6 Å². The highest BCUT2D eigenvalue weighted by Gasteiger charge is 2.43. The van der Waals surface area contributed by atoms with Crippen LogP contribution in [0.15, 0.2) is 24.3 Å². The van der Waals surface area contributed by atoms with E-state index in [9.17, 15) is 4.79 Å². The van der Waals surface area contributed by atoms with Crippen molar-refractivity contribution in [3.63, 3.8) is 0 Å². The van der Waals surface area contributed by atoms with Gasteiger partial charge < -0.3 is 4.90 Å². The Labute approximate surface area is 152 Å². The van der Waals surface area contributed by atoms with Crippen molar-refractivity contribution < 1.29 is 4.79 Å². The average molecular weight is 341 g/mol. The molecule has 1 aliphatic carbocycles. The van der Waals surface area contributed by atoms with Gasteiger partial charge >= 0.3 is 0 Å². The van der Waals surface area contributed by atoms with Gasteiger partial charge in [0.2, 0.25) is 5.91 Å². The summed E-state index contributed by atoms with van der Waals surface area (Å²) < 4.78 is 0. The first-order valence-corrected chi connectivity index (χ1v) is 10.2. The molecule has 1 saturated heterocycles. The summed E-state index contributed by atoms with van der Waals surface area (Å²) in [7, 11) is 0. The van der Waals surface area contributed by atoms with E-state index in [1.54, 1.807) is 6.92 Å². The molecule has 3 nitrogen and oxygen atoms in total. The fourth-order valence-corrected chi connectivity index (χ4v) is 5.45. The average Bonchev–Trinajstić information content (AvgIpc) is 3.05. The summed E-state index contributed by atoms with van der Waals surface area (Å²) in [5.74, 6) is 1.10. The molecule has 1 atom stereocenters. The van der Waals surface area contributed by atoms with Gasteiger partial charge in [0.1, 0.15) is 0 Å². The second-order valence-corrected chi connectivity index (χ2v) is 8.60. The summed E-state index contributed by atoms with van der Waals surface area (Å²) in [6.07, 6.45) is 10.6. The van der Waals surface area contributed by atoms with E-state index in [2.05, 4.69) is 34.1 Å². The number of amides is 1. The fraction of sp³-hybridized carbons (Fsp3) is 0.682. The van der Waals surface area contributed by atoms with Crippen LogP contribution in [-0.4, -0.2) is 40.9 Å². The lowest BCUT2D eigenvalue weighted by molar-refractivity contribution is -0.132. The van der Waals surface area contributed by atoms with Gasteiger partial charge in [-0.05, 0) is 55.7 Å². The maximum absolute atomic E-state index is 12.3. The first-order valence-electron chi connectivity index (χ1n) is 10.2. The Morgan fingerprint density at radius 3 is 2.64 bits per heavy atom. The van der Waals surface area contributed by atoms with Gasteiger partial charge in [-0.25, -0.2) is 0 Å². The van der Waals surface area contributed by atoms with Crippen molar-refractivity contribution in [3.8, 4) is 0 Å². The van der Waals surface area contributed by atoms with E-state index < -0.39 is 0 Å². The number of hydrogen-bond donors (Lipinski definition) is 0. The largest absolute Gasteiger partial charge is 0.337 e. The molecule has 1 aromatic carbocycles. The third kappa shape index (κ3) is 3.48. The Hall–Kier alpha value is -1.35. The predicted molar refractivity (Wildman–Crippen MR) is 101 cm³/mol. The van der Waals surface area contributed by atoms with Crippen LogP contribution in [0.25, 0.3) is 0 Å². The standard InChI is InChI=1S/C22H32N2O/c1-18(25)23-16-21-11-5-4-10-20(21)14-22(17-23)12-6-7-13-24(22)15-19-8-2-3-9-19/h4-5,10-11,19H,2-3,6-9,12-17H2,1H3. The van der Waals surface area contributed by atoms with Gasteiger partial charge in [0.25, 0.3) is 0 Å². The first kappa shape index (κ1) is 17.1. The Balaban J connectivity index is 1.66. The van der Waals surface area contributed by atoms with Crippen molar-refractivity contribution in [3.05, 3.63) is 35.4 Å². The molecule has 1 spiro atoms. The lowest BCUT2D eigenvalue weighted by atomic mass is 9.80. The highest BCUT2D eigenvalue weighted by Crippen LogP contribution is 2.38. The van der Waals surface area contributed by atoms with Gasteiger partial charge in [-0.1, -0.05) is 43.5 Å². The Morgan fingerprint density at radius 1 is 1.12 bits per heavy atom. The SMILES string of the molecule is CC(=O)N1Cc2ccccc2CC2(CCCCN2CC2CCCC2)C1. The number of benzene rings is 1. The quantitative estimate of drug-likeness (QED) is 0.812. The number of carbonyl (C=O) groups excluding carboxylic acids is 1. The van der Waals surface area contributed by atoms with Crippen LogP contribution >= 0.6 is 0 Å². The molecule has 0 radical (unpaired) electrons. The maximum Gasteiger partial charge on any atom is 0.219 e. The summed E-state index contributed by atoms with van der Waals surface area (Å²) in [6, 6.07) is 8.80. The molecule has 0 N–H and O–H groups in total. The van der Waals surface area contributed by atoms with E-state index in [0.29, 0.717) is 0 Å². The van der Waals surface area contributed by atoms with Crippen molar-refractivity contribution in [1.29, 1.82) is 0 Å². The Kier molecular flexibility index (Phi) is 4.86. The monoisotopic (exact) mass is 340 g/mol. The molecule has 1 unspecified atom stereocenters. The van der Waals surface area contributed by atoms with Crippen molar-refractivity contribution in [1.82, 2.24) is 9.80 Å². The van der Waals surface area contributed by atoms with Crippen molar-refractivity contribution in [2.45, 2.75) is 70.4 Å². The highest BCUT2D eigenvalue weighted by molar-refractivity contribution is 5.73. The molecule has 1 saturated carbocycles. The zero-order valence-corrected chi connectivity index (χ0v) is 15.7. The van der Waals surface area contributed by atoms with Gasteiger partial charge in [0.05, 0.1) is 0 Å². The normalized spacial score (nSPS) is 28.1. The molecule has 25 heavy (non-hydrogen) atoms. The number of nitrogens with zero attached hydrogens (tertiary/aromatic N) is 2. The minimum absolute atomic E-state index is 0.152. The second kappa shape index (κ2) is 7.11. The smallest absolute Gasteiger partial charge is 0.219 e. The number of piperidine rings is 1. The molecule has 3 aliphatic rings. The van der Waals surface area contributed by atoms with Crippen LogP contribution in [0.4, 0.5) is 0 Å². The lowest BCUT2D eigenvalue weighted by Gasteiger charge is -2.49. The molecular formula is C22H32N2O. The molecule has 2 fully saturated rings. The summed E-state index contributed by atoms with van der Waals surface area (Å²) in [5, 5.41) is 0. The number of carbonyl (C=O) groups is 1. The van der Waals surface area contributed by atoms with Crippen LogP contribution in [0, 0.1) is 5.92 Å². The van der Waals surface area contributed by atoms with Gasteiger partial charge in [-0.3, -0.25) is 9.69 Å². The topological polar surface area (TPSA) is 23.6 Å². The van der Waals surface area contributed by atoms with E-state index in [1.165, 1.54) is 69.2 Å². The van der Waals surface area contributed by atoms with Crippen LogP contribution in [0.1, 0.15) is 63.0 Å². The molecule has 3 heteroatoms. The third-order valence-corrected chi connectivity index (χ3v) is 6.87. The Bertz CT molecular complexity index is 622. The molecule has 2 heterocycles. The van der Waals surface area contributed by atoms with Crippen LogP contribution in [-0.2, 0) is 17.8 Å². The molecule has 2 aliphatic heterocycles. The summed E-state index contributed by atoms with van der Waals surface area (Å²) >= 11 is 0. The number of hydrogen-bond acceptors (Lipinski definition) is 2. The van der Waals surface area contributed by atoms with Crippen molar-refractivity contribution in [2.24, 2.45) is 5.92 Å². The Morgan fingerprint density at radius 2 is 1.88 bits per heavy atom. The van der Waals surface area contributed by atoms with Gasteiger partial charge in [-0.2, -0.15) is 0 Å². The van der Waals surface area contributed by atoms with E-state index in [1.807, 2.05) is 0 Å². The molecule has 0 aromatic heterocycles. The summed E-state index contributed by atoms with van der Waals surface area (Å²) in [4.78, 5) is 17.3. The van der Waals surface area contributed by atoms with Gasteiger partial charge in [0, 0.05) is 32.1 Å². The van der Waals surface area contributed by atoms with Crippen molar-refractivity contribution >= 4 is 5.91 Å². The summed E-state index contributed by atoms with van der Waals surface area (Å²) in [5.41, 5.74) is 2.96. The fourth-order valence-electron chi connectivity index (χ4n) is 5.45. The zero-order valence-electron chi connectivity index (χ0n) is 15.7. The predicted octanol–water partition coefficient (Wildman–Crippen LogP) is 4.01. The van der Waals surface area contributed by atoms with Gasteiger partial charge in [-0.15, -0.1) is 0 Å². The maximum atomic E-state index is 12.3. The minimum atomic E-state index is 0.152. The molecule has 1 aromatic rings. The van der Waals surface area contributed by atoms with E-state index in [-0.39, 0.29) is 11.4 Å². The van der Waals surface area contributed by atoms with Crippen LogP contribution in [0.2, 0.25) is 0 Å². The third-order valence-electron chi connectivity index (χ3n) is 6.87. The van der Waals surface area contributed by atoms with E-state index >= 15 is 0 Å². The second-order valence-electron chi connectivity index (χ2n) is 8.60. The van der Waals surface area contributed by atoms with Crippen LogP contribution in [0.5, 0.6) is 0 Å². The molecule has 136 valence electrons. The number of likely N-dealkylation sites (tertiary alicyclic amines) is 1. The molecule has 0 bridgehead atoms. The molecule has 1 amide bonds. The van der Waals surface area contributed by atoms with E-state index in [4.69, 9.17) is 0 Å². The highest BCUT2D eigenvalue weighted by atomic mass is 16.2. The first-order chi connectivity index (χ1) is 12.2. The number of fused-ring (bicyclic) bond motifs is 1. The molecule has 4 rings (SSSR count).